The number of fused-ring (bicyclic) bond motifs is 6. The summed E-state index contributed by atoms with van der Waals surface area (Å²) in [7, 11) is 5.43. The van der Waals surface area contributed by atoms with E-state index in [1.54, 1.807) is 89.8 Å². The number of phenolic OH excluding ortho intramolecular Hbond substituents is 1. The molecule has 7 heterocycles. The number of aromatic nitrogens is 4. The Bertz CT molecular complexity index is 6020. The zero-order chi connectivity index (χ0) is 103. The Labute approximate surface area is 841 Å². The predicted octanol–water partition coefficient (Wildman–Crippen LogP) is 6.00. The summed E-state index contributed by atoms with van der Waals surface area (Å²) < 4.78 is 8.22. The third-order valence-corrected chi connectivity index (χ3v) is 28.9. The van der Waals surface area contributed by atoms with Crippen LogP contribution in [0.5, 0.6) is 5.75 Å². The quantitative estimate of drug-likeness (QED) is 0.0292. The lowest BCUT2D eigenvalue weighted by molar-refractivity contribution is -0.149. The Balaban J connectivity index is 0.914. The van der Waals surface area contributed by atoms with Crippen LogP contribution in [0.25, 0.3) is 42.2 Å². The SMILES string of the molecule is CCCC[C@H]1C(=O)N(C)[C@@H](CCCC)C(=O)N[C@@H](CC(C)C)C(=O)NCCSCC(=O)N[C@@H](Cc2ccc(O)cc2)C(=O)N(C)[C@@H](C)C(=O)N[C@@H](CC(N)=O)C(=O)N2CCCC2C(=O)N[C@@H](CNc2nc3ccccc3s2)C(=O)N[C@@H](CC(C)C)C(=O)N2CCCC2C(=O)N[C@@H](Cc2c[nH]c3ccccc23)C(=O)NC(Nc2nc3ccccc3s2)C(=O)N[C@@H](Cc2cn(CC(=O)OC)c3ccccc23)C(=O)N1C. The number of hydrogen-bond donors (Lipinski definition) is 14. The summed E-state index contributed by atoms with van der Waals surface area (Å²) in [5.74, 6) is -13.4. The van der Waals surface area contributed by atoms with Gasteiger partial charge in [0.2, 0.25) is 82.7 Å². The lowest BCUT2D eigenvalue weighted by atomic mass is 9.99. The number of H-pyrrole nitrogens is 1. The molecule has 39 nitrogen and oxygen atoms in total. The topological polar surface area (TPSA) is 524 Å². The number of unbranched alkanes of at least 4 members (excludes halogenated alkanes) is 2. The van der Waals surface area contributed by atoms with E-state index in [9.17, 15) is 33.9 Å². The molecule has 9 aromatic rings. The predicted molar refractivity (Wildman–Crippen MR) is 545 cm³/mol. The molecule has 15 N–H and O–H groups in total. The van der Waals surface area contributed by atoms with E-state index in [0.29, 0.717) is 85.0 Å². The number of benzene rings is 5. The molecule has 13 atom stereocenters. The van der Waals surface area contributed by atoms with E-state index in [1.807, 2.05) is 77.9 Å². The second-order valence-corrected chi connectivity index (χ2v) is 40.6. The Morgan fingerprint density at radius 1 is 0.531 bits per heavy atom. The van der Waals surface area contributed by atoms with Gasteiger partial charge in [0.15, 0.2) is 16.4 Å². The second-order valence-electron chi connectivity index (χ2n) is 37.4. The molecule has 0 bridgehead atoms. The number of nitrogens with two attached hydrogens (primary N) is 1. The van der Waals surface area contributed by atoms with Crippen LogP contribution in [0.2, 0.25) is 0 Å². The van der Waals surface area contributed by atoms with Gasteiger partial charge in [-0.25, -0.2) is 9.97 Å². The molecule has 0 spiro atoms. The summed E-state index contributed by atoms with van der Waals surface area (Å²) in [6.45, 7) is 11.8. The van der Waals surface area contributed by atoms with Gasteiger partial charge in [0, 0.05) is 107 Å². The van der Waals surface area contributed by atoms with Gasteiger partial charge in [-0.15, -0.1) is 0 Å². The van der Waals surface area contributed by atoms with Crippen LogP contribution >= 0.6 is 34.4 Å². The third kappa shape index (κ3) is 28.4. The average molecular weight is 2020 g/mol. The first kappa shape index (κ1) is 108. The molecule has 3 aliphatic heterocycles. The number of carbonyl (C=O) groups excluding carboxylic acids is 16. The van der Waals surface area contributed by atoms with Gasteiger partial charge in [0.25, 0.3) is 5.91 Å². The number of aromatic hydroxyl groups is 1. The Kier molecular flexibility index (Phi) is 38.4. The highest BCUT2D eigenvalue weighted by atomic mass is 32.2. The van der Waals surface area contributed by atoms with Crippen LogP contribution in [-0.2, 0) is 107 Å². The lowest BCUT2D eigenvalue weighted by Gasteiger charge is -2.36. The van der Waals surface area contributed by atoms with Crippen LogP contribution in [0.1, 0.15) is 149 Å². The average Bonchev–Trinajstić information content (AvgIpc) is 1.66. The number of anilines is 2. The van der Waals surface area contributed by atoms with E-state index < -0.39 is 180 Å². The van der Waals surface area contributed by atoms with Crippen molar-refractivity contribution in [2.45, 2.75) is 236 Å². The summed E-state index contributed by atoms with van der Waals surface area (Å²) in [6.07, 6.45) is 2.87. The number of phenols is 1. The number of thioether (sulfide) groups is 1. The van der Waals surface area contributed by atoms with Crippen LogP contribution in [0, 0.1) is 11.8 Å². The number of nitrogens with zero attached hydrogens (tertiary/aromatic N) is 8. The van der Waals surface area contributed by atoms with E-state index in [1.165, 1.54) is 73.3 Å². The van der Waals surface area contributed by atoms with Gasteiger partial charge in [-0.3, -0.25) is 76.7 Å². The Morgan fingerprint density at radius 3 is 1.70 bits per heavy atom. The van der Waals surface area contributed by atoms with Gasteiger partial charge in [-0.1, -0.05) is 163 Å². The van der Waals surface area contributed by atoms with Crippen molar-refractivity contribution in [3.05, 3.63) is 150 Å². The third-order valence-electron chi connectivity index (χ3n) is 26.0. The highest BCUT2D eigenvalue weighted by molar-refractivity contribution is 7.99. The first-order valence-electron chi connectivity index (χ1n) is 48.6. The number of para-hydroxylation sites is 4. The Morgan fingerprint density at radius 2 is 1.06 bits per heavy atom. The molecule has 5 aromatic carbocycles. The standard InChI is InChI=1S/C101H131N21O18S3/c1-12-14-31-77-91(131)107-69(46-57(3)4)88(128)103-42-45-141-56-84(125)106-72(48-60-38-40-63(123)41-39-60)95(135)117(8)59(7)87(127)109-74(51-83(102)124)98(138)122-44-25-35-79(122)93(133)112-75(53-105-100-113-67-29-19-22-36-81(67)142-100)90(130)110-71(47-58(5)6)97(137)121-43-24-34-78(121)92(132)108-70(49-61-52-104-66-28-18-16-26-64(61)66)89(129)115-86(116-101-114-68-30-20-23-37-82(68)143-101)94(134)111-73(96(136)119(10)80(32-15-13-2)99(139)118(77)9)50-62-54-120(55-85(126)140-11)76-33-21-17-27-65(62)76/h16-23,26-30,33,36-41,52,54,57-59,69-75,77-80,86,104,123H,12-15,24-25,31-32,34-35,42-51,53,55-56H2,1-11H3,(H2,102,124)(H,103,128)(H,105,113)(H,106,125)(H,107,131)(H,108,132)(H,109,127)(H,110,130)(H,111,134)(H,112,133)(H,114,116)(H,115,129)/t59-,69-,70-,71-,72-,73-,74-,75-,77-,78?,79?,80-,86?/m0/s1. The molecule has 0 saturated carbocycles. The number of amides is 15. The van der Waals surface area contributed by atoms with Crippen LogP contribution in [0.4, 0.5) is 10.3 Å². The summed E-state index contributed by atoms with van der Waals surface area (Å²) in [5.41, 5.74) is 9.68. The molecule has 143 heavy (non-hydrogen) atoms. The number of rotatable bonds is 25. The molecule has 42 heteroatoms. The first-order chi connectivity index (χ1) is 68.5. The van der Waals surface area contributed by atoms with Crippen molar-refractivity contribution in [3.8, 4) is 5.75 Å². The summed E-state index contributed by atoms with van der Waals surface area (Å²) >= 11 is 3.51. The fourth-order valence-corrected chi connectivity index (χ4v) is 20.7. The number of nitrogens with one attached hydrogen (secondary N) is 12. The fourth-order valence-electron chi connectivity index (χ4n) is 18.2. The van der Waals surface area contributed by atoms with E-state index in [4.69, 9.17) is 20.4 Å². The molecule has 3 saturated heterocycles. The number of primary amides is 1. The van der Waals surface area contributed by atoms with Gasteiger partial charge >= 0.3 is 5.97 Å². The first-order valence-corrected chi connectivity index (χ1v) is 51.4. The molecule has 12 rings (SSSR count). The van der Waals surface area contributed by atoms with Crippen molar-refractivity contribution >= 4 is 182 Å². The molecular weight excluding hydrogens is 1890 g/mol. The summed E-state index contributed by atoms with van der Waals surface area (Å²) in [5, 5.41) is 44.0. The van der Waals surface area contributed by atoms with E-state index in [-0.39, 0.29) is 138 Å². The zero-order valence-electron chi connectivity index (χ0n) is 82.4. The second kappa shape index (κ2) is 50.8. The van der Waals surface area contributed by atoms with E-state index in [2.05, 4.69) is 63.5 Å². The van der Waals surface area contributed by atoms with Crippen molar-refractivity contribution in [2.75, 3.05) is 76.6 Å². The minimum Gasteiger partial charge on any atom is -0.508 e. The maximum absolute atomic E-state index is 16.3. The minimum absolute atomic E-state index is 0.00563. The van der Waals surface area contributed by atoms with Crippen molar-refractivity contribution in [1.82, 2.24) is 91.9 Å². The minimum atomic E-state index is -1.86. The highest BCUT2D eigenvalue weighted by Crippen LogP contribution is 2.32. The monoisotopic (exact) mass is 2020 g/mol. The van der Waals surface area contributed by atoms with Crippen LogP contribution in [0.15, 0.2) is 134 Å². The largest absolute Gasteiger partial charge is 0.508 e. The molecule has 4 aromatic heterocycles. The van der Waals surface area contributed by atoms with Gasteiger partial charge in [-0.05, 0) is 135 Å². The van der Waals surface area contributed by atoms with Crippen LogP contribution in [-0.4, -0.2) is 288 Å². The molecule has 766 valence electrons. The molecular formula is C101H131N21O18S3. The van der Waals surface area contributed by atoms with Gasteiger partial charge in [0.05, 0.1) is 39.7 Å². The number of carbonyl (C=O) groups is 16. The number of thiazole rings is 2. The smallest absolute Gasteiger partial charge is 0.325 e. The maximum Gasteiger partial charge on any atom is 0.325 e. The van der Waals surface area contributed by atoms with Gasteiger partial charge < -0.3 is 108 Å². The fraction of sp³-hybridized carbons (Fsp3) is 0.485. The van der Waals surface area contributed by atoms with Crippen molar-refractivity contribution in [2.24, 2.45) is 17.6 Å². The van der Waals surface area contributed by atoms with Crippen molar-refractivity contribution in [3.63, 3.8) is 0 Å². The summed E-state index contributed by atoms with van der Waals surface area (Å²) in [4.78, 5) is 260. The number of aromatic amines is 1. The zero-order valence-corrected chi connectivity index (χ0v) is 84.8. The molecule has 3 aliphatic rings. The molecule has 0 aliphatic carbocycles. The molecule has 15 amide bonds. The maximum atomic E-state index is 16.3. The summed E-state index contributed by atoms with van der Waals surface area (Å²) in [6, 6.07) is 17.7. The molecule has 0 radical (unpaired) electrons. The number of likely N-dealkylation sites (N-methyl/N-ethyl adjacent to an activating group) is 3. The lowest BCUT2D eigenvalue weighted by Crippen LogP contribution is -2.62. The van der Waals surface area contributed by atoms with Crippen LogP contribution in [0.3, 0.4) is 0 Å². The highest BCUT2D eigenvalue weighted by Gasteiger charge is 2.46. The molecule has 3 fully saturated rings. The Hall–Kier alpha value is -13.8. The van der Waals surface area contributed by atoms with Gasteiger partial charge in [0.1, 0.15) is 84.8 Å². The van der Waals surface area contributed by atoms with Crippen molar-refractivity contribution in [1.29, 1.82) is 0 Å². The van der Waals surface area contributed by atoms with E-state index >= 15 is 47.9 Å². The number of methoxy groups -OCH3 is 1. The van der Waals surface area contributed by atoms with Gasteiger partial charge in [-0.2, -0.15) is 11.8 Å². The molecule has 3 unspecified atom stereocenters. The number of hydrogen-bond acceptors (Lipinski definition) is 25. The normalized spacial score (nSPS) is 23.1. The van der Waals surface area contributed by atoms with Crippen molar-refractivity contribution < 1.29 is 86.6 Å². The van der Waals surface area contributed by atoms with E-state index in [0.717, 1.165) is 37.6 Å². The number of esters is 1. The number of ether oxygens (including phenoxy) is 1. The van der Waals surface area contributed by atoms with Crippen LogP contribution < -0.4 is 64.2 Å².